The van der Waals surface area contributed by atoms with Crippen molar-refractivity contribution in [1.82, 2.24) is 14.9 Å². The van der Waals surface area contributed by atoms with Crippen molar-refractivity contribution >= 4 is 23.5 Å². The van der Waals surface area contributed by atoms with Crippen LogP contribution in [0.2, 0.25) is 5.02 Å². The molecule has 0 saturated carbocycles. The summed E-state index contributed by atoms with van der Waals surface area (Å²) < 4.78 is 5.11. The third kappa shape index (κ3) is 4.32. The van der Waals surface area contributed by atoms with Crippen LogP contribution in [0.25, 0.3) is 11.4 Å². The van der Waals surface area contributed by atoms with E-state index in [2.05, 4.69) is 9.97 Å². The van der Waals surface area contributed by atoms with E-state index in [0.29, 0.717) is 16.5 Å². The zero-order valence-corrected chi connectivity index (χ0v) is 14.0. The normalized spacial score (nSPS) is 10.4. The number of rotatable bonds is 5. The summed E-state index contributed by atoms with van der Waals surface area (Å²) in [4.78, 5) is 32.3. The lowest BCUT2D eigenvalue weighted by Gasteiger charge is -2.09. The summed E-state index contributed by atoms with van der Waals surface area (Å²) in [6.45, 7) is 1.76. The monoisotopic (exact) mass is 335 g/mol. The van der Waals surface area contributed by atoms with Crippen molar-refractivity contribution in [2.75, 3.05) is 20.7 Å². The Kier molecular flexibility index (Phi) is 5.39. The highest BCUT2D eigenvalue weighted by atomic mass is 35.5. The van der Waals surface area contributed by atoms with E-state index in [1.807, 2.05) is 6.07 Å². The fourth-order valence-electron chi connectivity index (χ4n) is 1.95. The molecule has 0 aliphatic heterocycles. The zero-order chi connectivity index (χ0) is 17.0. The molecule has 2 rings (SSSR count). The minimum atomic E-state index is -0.557. The third-order valence-electron chi connectivity index (χ3n) is 3.22. The van der Waals surface area contributed by atoms with Gasteiger partial charge in [0.25, 0.3) is 0 Å². The van der Waals surface area contributed by atoms with Gasteiger partial charge in [-0.05, 0) is 19.1 Å². The molecular weight excluding hydrogens is 318 g/mol. The number of hydrogen-bond acceptors (Lipinski definition) is 4. The lowest BCUT2D eigenvalue weighted by atomic mass is 10.2. The van der Waals surface area contributed by atoms with Gasteiger partial charge in [-0.2, -0.15) is 0 Å². The zero-order valence-electron chi connectivity index (χ0n) is 13.2. The molecule has 1 aromatic carbocycles. The van der Waals surface area contributed by atoms with E-state index in [9.17, 15) is 9.59 Å². The van der Waals surface area contributed by atoms with Crippen molar-refractivity contribution in [3.05, 3.63) is 40.7 Å². The van der Waals surface area contributed by atoms with Gasteiger partial charge in [-0.1, -0.05) is 23.7 Å². The molecule has 2 aromatic rings. The summed E-state index contributed by atoms with van der Waals surface area (Å²) in [5.74, 6) is -0.115. The highest BCUT2D eigenvalue weighted by molar-refractivity contribution is 6.30. The summed E-state index contributed by atoms with van der Waals surface area (Å²) in [5.41, 5.74) is 1.59. The van der Waals surface area contributed by atoms with E-state index in [4.69, 9.17) is 16.3 Å². The highest BCUT2D eigenvalue weighted by Gasteiger charge is 2.17. The van der Waals surface area contributed by atoms with Crippen molar-refractivity contribution in [2.24, 2.45) is 0 Å². The maximum atomic E-state index is 12.1. The van der Waals surface area contributed by atoms with E-state index in [-0.39, 0.29) is 24.6 Å². The van der Waals surface area contributed by atoms with Crippen LogP contribution in [0, 0.1) is 6.92 Å². The van der Waals surface area contributed by atoms with Crippen molar-refractivity contribution < 1.29 is 14.3 Å². The number of imidazole rings is 1. The minimum absolute atomic E-state index is 0.0225. The predicted octanol–water partition coefficient (Wildman–Crippen LogP) is 2.67. The van der Waals surface area contributed by atoms with Gasteiger partial charge in [0, 0.05) is 30.4 Å². The molecule has 1 amide bonds. The number of carbonyl (C=O) groups is 2. The number of amides is 1. The molecule has 23 heavy (non-hydrogen) atoms. The number of aromatic nitrogens is 2. The van der Waals surface area contributed by atoms with Gasteiger partial charge in [-0.15, -0.1) is 0 Å². The second-order valence-corrected chi connectivity index (χ2v) is 5.68. The van der Waals surface area contributed by atoms with Gasteiger partial charge in [-0.25, -0.2) is 9.78 Å². The Balaban J connectivity index is 2.06. The topological polar surface area (TPSA) is 75.3 Å². The van der Waals surface area contributed by atoms with Gasteiger partial charge >= 0.3 is 5.97 Å². The second-order valence-electron chi connectivity index (χ2n) is 5.24. The molecule has 0 saturated heterocycles. The summed E-state index contributed by atoms with van der Waals surface area (Å²) in [7, 11) is 3.30. The number of aromatic amines is 1. The Bertz CT molecular complexity index is 725. The molecule has 0 fully saturated rings. The fraction of sp³-hybridized carbons (Fsp3) is 0.312. The van der Waals surface area contributed by atoms with Gasteiger partial charge in [0.15, 0.2) is 5.69 Å². The maximum Gasteiger partial charge on any atom is 0.358 e. The fourth-order valence-corrected chi connectivity index (χ4v) is 2.14. The number of ether oxygens (including phenoxy) is 1. The molecule has 0 radical (unpaired) electrons. The first-order valence-corrected chi connectivity index (χ1v) is 7.46. The first-order chi connectivity index (χ1) is 10.9. The Labute approximate surface area is 139 Å². The van der Waals surface area contributed by atoms with Crippen LogP contribution in [0.1, 0.15) is 22.6 Å². The minimum Gasteiger partial charge on any atom is -0.460 e. The SMILES string of the molecule is Cc1[nH]c(-c2cccc(Cl)c2)nc1C(=O)OCCC(=O)N(C)C. The molecule has 0 atom stereocenters. The number of carbonyl (C=O) groups excluding carboxylic acids is 2. The van der Waals surface area contributed by atoms with Crippen LogP contribution in [0.15, 0.2) is 24.3 Å². The van der Waals surface area contributed by atoms with Crippen LogP contribution in [-0.2, 0) is 9.53 Å². The Morgan fingerprint density at radius 1 is 1.35 bits per heavy atom. The smallest absolute Gasteiger partial charge is 0.358 e. The first kappa shape index (κ1) is 17.0. The first-order valence-electron chi connectivity index (χ1n) is 7.08. The van der Waals surface area contributed by atoms with Gasteiger partial charge < -0.3 is 14.6 Å². The van der Waals surface area contributed by atoms with Crippen LogP contribution >= 0.6 is 11.6 Å². The third-order valence-corrected chi connectivity index (χ3v) is 3.46. The van der Waals surface area contributed by atoms with E-state index < -0.39 is 5.97 Å². The Morgan fingerprint density at radius 3 is 2.74 bits per heavy atom. The molecule has 122 valence electrons. The number of hydrogen-bond donors (Lipinski definition) is 1. The number of halogens is 1. The molecule has 0 aliphatic rings. The van der Waals surface area contributed by atoms with E-state index in [0.717, 1.165) is 5.56 Å². The summed E-state index contributed by atoms with van der Waals surface area (Å²) in [5, 5.41) is 0.586. The maximum absolute atomic E-state index is 12.1. The van der Waals surface area contributed by atoms with Crippen LogP contribution < -0.4 is 0 Å². The predicted molar refractivity (Wildman–Crippen MR) is 87.4 cm³/mol. The second kappa shape index (κ2) is 7.28. The molecule has 1 N–H and O–H groups in total. The molecule has 0 aliphatic carbocycles. The van der Waals surface area contributed by atoms with Gasteiger partial charge in [0.1, 0.15) is 12.4 Å². The van der Waals surface area contributed by atoms with Crippen molar-refractivity contribution in [3.8, 4) is 11.4 Å². The standard InChI is InChI=1S/C16H18ClN3O3/c1-10-14(16(22)23-8-7-13(21)20(2)3)19-15(18-10)11-5-4-6-12(17)9-11/h4-6,9H,7-8H2,1-3H3,(H,18,19). The number of esters is 1. The Morgan fingerprint density at radius 2 is 2.09 bits per heavy atom. The number of nitrogens with one attached hydrogen (secondary N) is 1. The van der Waals surface area contributed by atoms with Crippen molar-refractivity contribution in [3.63, 3.8) is 0 Å². The molecule has 1 heterocycles. The van der Waals surface area contributed by atoms with Gasteiger partial charge in [0.05, 0.1) is 6.42 Å². The lowest BCUT2D eigenvalue weighted by molar-refractivity contribution is -0.129. The molecule has 1 aromatic heterocycles. The van der Waals surface area contributed by atoms with Gasteiger partial charge in [-0.3, -0.25) is 4.79 Å². The summed E-state index contributed by atoms with van der Waals surface area (Å²) >= 11 is 5.96. The van der Waals surface area contributed by atoms with E-state index in [1.54, 1.807) is 39.2 Å². The largest absolute Gasteiger partial charge is 0.460 e. The van der Waals surface area contributed by atoms with Crippen molar-refractivity contribution in [1.29, 1.82) is 0 Å². The highest BCUT2D eigenvalue weighted by Crippen LogP contribution is 2.21. The molecule has 0 spiro atoms. The van der Waals surface area contributed by atoms with Gasteiger partial charge in [0.2, 0.25) is 5.91 Å². The number of benzene rings is 1. The van der Waals surface area contributed by atoms with Crippen LogP contribution in [0.5, 0.6) is 0 Å². The molecular formula is C16H18ClN3O3. The van der Waals surface area contributed by atoms with Crippen molar-refractivity contribution in [2.45, 2.75) is 13.3 Å². The summed E-state index contributed by atoms with van der Waals surface area (Å²) in [6.07, 6.45) is 0.142. The molecule has 0 unspecified atom stereocenters. The van der Waals surface area contributed by atoms with E-state index in [1.165, 1.54) is 4.90 Å². The van der Waals surface area contributed by atoms with E-state index >= 15 is 0 Å². The van der Waals surface area contributed by atoms with Crippen LogP contribution in [0.3, 0.4) is 0 Å². The number of nitrogens with zero attached hydrogens (tertiary/aromatic N) is 2. The van der Waals surface area contributed by atoms with Crippen LogP contribution in [-0.4, -0.2) is 47.4 Å². The number of aryl methyl sites for hydroxylation is 1. The average molecular weight is 336 g/mol. The van der Waals surface area contributed by atoms with Crippen LogP contribution in [0.4, 0.5) is 0 Å². The quantitative estimate of drug-likeness (QED) is 0.852. The molecule has 7 heteroatoms. The average Bonchev–Trinajstić information content (AvgIpc) is 2.89. The molecule has 6 nitrogen and oxygen atoms in total. The Hall–Kier alpha value is -2.34. The summed E-state index contributed by atoms with van der Waals surface area (Å²) in [6, 6.07) is 7.16. The molecule has 0 bridgehead atoms. The lowest BCUT2D eigenvalue weighted by Crippen LogP contribution is -2.23. The number of H-pyrrole nitrogens is 1.